The lowest BCUT2D eigenvalue weighted by Gasteiger charge is -2.09. The maximum atomic E-state index is 12.4. The fourth-order valence-electron chi connectivity index (χ4n) is 1.29. The van der Waals surface area contributed by atoms with Gasteiger partial charge >= 0.3 is 6.18 Å². The largest absolute Gasteiger partial charge is 0.416 e. The van der Waals surface area contributed by atoms with Crippen molar-refractivity contribution in [3.63, 3.8) is 0 Å². The molecular weight excluding hydrogens is 269 g/mol. The monoisotopic (exact) mass is 286 g/mol. The summed E-state index contributed by atoms with van der Waals surface area (Å²) in [6.07, 6.45) is -1.32. The number of allylic oxidation sites excluding steroid dienone is 2. The molecule has 0 saturated heterocycles. The summed E-state index contributed by atoms with van der Waals surface area (Å²) in [5.74, 6) is 0.244. The maximum Gasteiger partial charge on any atom is 0.416 e. The van der Waals surface area contributed by atoms with E-state index in [1.807, 2.05) is 0 Å². The first kappa shape index (κ1) is 15.9. The molecule has 0 amide bonds. The number of hydrogen-bond donors (Lipinski definition) is 4. The van der Waals surface area contributed by atoms with E-state index < -0.39 is 11.7 Å². The van der Waals surface area contributed by atoms with E-state index in [1.54, 1.807) is 6.92 Å². The zero-order valence-electron chi connectivity index (χ0n) is 10.9. The molecule has 0 spiro atoms. The van der Waals surface area contributed by atoms with Gasteiger partial charge < -0.3 is 22.5 Å². The summed E-state index contributed by atoms with van der Waals surface area (Å²) >= 11 is 0. The van der Waals surface area contributed by atoms with Gasteiger partial charge in [-0.05, 0) is 43.3 Å². The van der Waals surface area contributed by atoms with Gasteiger partial charge in [0.1, 0.15) is 5.82 Å². The molecule has 0 aromatic heterocycles. The number of halogens is 3. The Hall–Kier alpha value is -2.15. The highest BCUT2D eigenvalue weighted by atomic mass is 19.4. The molecule has 1 unspecified atom stereocenters. The van der Waals surface area contributed by atoms with Crippen LogP contribution in [-0.4, -0.2) is 6.04 Å². The third-order valence-electron chi connectivity index (χ3n) is 2.48. The van der Waals surface area contributed by atoms with Crippen molar-refractivity contribution in [3.8, 4) is 0 Å². The summed E-state index contributed by atoms with van der Waals surface area (Å²) in [6, 6.07) is 4.23. The summed E-state index contributed by atoms with van der Waals surface area (Å²) in [4.78, 5) is 0. The highest BCUT2D eigenvalue weighted by molar-refractivity contribution is 5.49. The van der Waals surface area contributed by atoms with Crippen molar-refractivity contribution in [1.29, 1.82) is 0 Å². The normalized spacial score (nSPS) is 15.1. The van der Waals surface area contributed by atoms with Crippen molar-refractivity contribution in [2.75, 3.05) is 5.32 Å². The predicted octanol–water partition coefficient (Wildman–Crippen LogP) is 2.11. The van der Waals surface area contributed by atoms with Gasteiger partial charge in [-0.15, -0.1) is 0 Å². The Balaban J connectivity index is 2.74. The lowest BCUT2D eigenvalue weighted by atomic mass is 10.2. The fourth-order valence-corrected chi connectivity index (χ4v) is 1.29. The van der Waals surface area contributed by atoms with Crippen LogP contribution in [0.15, 0.2) is 47.9 Å². The van der Waals surface area contributed by atoms with E-state index in [1.165, 1.54) is 24.3 Å². The topological polar surface area (TPSA) is 90.1 Å². The van der Waals surface area contributed by atoms with Crippen LogP contribution in [0.25, 0.3) is 0 Å². The van der Waals surface area contributed by atoms with Crippen LogP contribution in [0.4, 0.5) is 18.9 Å². The Morgan fingerprint density at radius 2 is 1.70 bits per heavy atom. The first-order valence-electron chi connectivity index (χ1n) is 5.83. The molecule has 0 heterocycles. The van der Waals surface area contributed by atoms with Crippen molar-refractivity contribution in [3.05, 3.63) is 53.5 Å². The average molecular weight is 286 g/mol. The van der Waals surface area contributed by atoms with E-state index >= 15 is 0 Å². The Morgan fingerprint density at radius 1 is 1.15 bits per heavy atom. The second-order valence-corrected chi connectivity index (χ2v) is 4.28. The molecule has 7 heteroatoms. The number of rotatable bonds is 4. The molecule has 1 aromatic carbocycles. The van der Waals surface area contributed by atoms with Crippen molar-refractivity contribution >= 4 is 5.69 Å². The number of alkyl halides is 3. The van der Waals surface area contributed by atoms with Crippen LogP contribution in [-0.2, 0) is 6.18 Å². The molecule has 0 bridgehead atoms. The molecule has 0 radical (unpaired) electrons. The Kier molecular flexibility index (Phi) is 5.04. The molecule has 7 N–H and O–H groups in total. The standard InChI is InChI=1S/C13H17F3N4/c1-8(17)11(18)6-7-12(19)20-10-4-2-9(3-5-10)13(14,15)16/h2-8,20H,17-19H2,1H3/b11-6-,12-7+. The van der Waals surface area contributed by atoms with Crippen LogP contribution in [0.2, 0.25) is 0 Å². The summed E-state index contributed by atoms with van der Waals surface area (Å²) in [6.45, 7) is 1.72. The second kappa shape index (κ2) is 6.33. The summed E-state index contributed by atoms with van der Waals surface area (Å²) < 4.78 is 37.1. The van der Waals surface area contributed by atoms with Crippen molar-refractivity contribution < 1.29 is 13.2 Å². The molecule has 110 valence electrons. The van der Waals surface area contributed by atoms with E-state index in [0.717, 1.165) is 12.1 Å². The minimum Gasteiger partial charge on any atom is -0.401 e. The molecule has 0 fully saturated rings. The summed E-state index contributed by atoms with van der Waals surface area (Å²) in [5.41, 5.74) is 17.0. The number of benzene rings is 1. The van der Waals surface area contributed by atoms with Crippen LogP contribution >= 0.6 is 0 Å². The predicted molar refractivity (Wildman–Crippen MR) is 73.3 cm³/mol. The molecule has 0 aliphatic carbocycles. The van der Waals surface area contributed by atoms with Gasteiger partial charge in [0.25, 0.3) is 0 Å². The van der Waals surface area contributed by atoms with Crippen LogP contribution < -0.4 is 22.5 Å². The summed E-state index contributed by atoms with van der Waals surface area (Å²) in [5, 5.41) is 2.75. The minimum atomic E-state index is -4.35. The van der Waals surface area contributed by atoms with Crippen LogP contribution in [0.5, 0.6) is 0 Å². The average Bonchev–Trinajstić information content (AvgIpc) is 2.35. The van der Waals surface area contributed by atoms with Crippen molar-refractivity contribution in [1.82, 2.24) is 0 Å². The van der Waals surface area contributed by atoms with Gasteiger partial charge in [0.2, 0.25) is 0 Å². The number of nitrogens with one attached hydrogen (secondary N) is 1. The van der Waals surface area contributed by atoms with E-state index in [-0.39, 0.29) is 11.9 Å². The van der Waals surface area contributed by atoms with Gasteiger partial charge in [-0.3, -0.25) is 0 Å². The van der Waals surface area contributed by atoms with E-state index in [9.17, 15) is 13.2 Å². The first-order chi connectivity index (χ1) is 9.20. The van der Waals surface area contributed by atoms with Gasteiger partial charge in [-0.25, -0.2) is 0 Å². The van der Waals surface area contributed by atoms with E-state index in [4.69, 9.17) is 17.2 Å². The van der Waals surface area contributed by atoms with Crippen LogP contribution in [0.3, 0.4) is 0 Å². The third kappa shape index (κ3) is 4.85. The smallest absolute Gasteiger partial charge is 0.401 e. The van der Waals surface area contributed by atoms with Crippen LogP contribution in [0, 0.1) is 0 Å². The quantitative estimate of drug-likeness (QED) is 0.638. The molecule has 1 rings (SSSR count). The van der Waals surface area contributed by atoms with Crippen LogP contribution in [0.1, 0.15) is 12.5 Å². The minimum absolute atomic E-state index is 0.244. The van der Waals surface area contributed by atoms with Gasteiger partial charge in [0, 0.05) is 17.4 Å². The number of nitrogens with two attached hydrogens (primary N) is 3. The Bertz CT molecular complexity index is 501. The van der Waals surface area contributed by atoms with E-state index in [2.05, 4.69) is 5.32 Å². The second-order valence-electron chi connectivity index (χ2n) is 4.28. The van der Waals surface area contributed by atoms with E-state index in [0.29, 0.717) is 11.4 Å². The molecule has 4 nitrogen and oxygen atoms in total. The van der Waals surface area contributed by atoms with Gasteiger partial charge in [-0.1, -0.05) is 0 Å². The van der Waals surface area contributed by atoms with Gasteiger partial charge in [-0.2, -0.15) is 13.2 Å². The highest BCUT2D eigenvalue weighted by Gasteiger charge is 2.29. The Morgan fingerprint density at radius 3 is 2.15 bits per heavy atom. The summed E-state index contributed by atoms with van der Waals surface area (Å²) in [7, 11) is 0. The molecule has 20 heavy (non-hydrogen) atoms. The lowest BCUT2D eigenvalue weighted by Crippen LogP contribution is -2.23. The Labute approximate surface area is 115 Å². The molecule has 0 aliphatic heterocycles. The number of hydrogen-bond acceptors (Lipinski definition) is 4. The van der Waals surface area contributed by atoms with Gasteiger partial charge in [0.05, 0.1) is 5.56 Å². The highest BCUT2D eigenvalue weighted by Crippen LogP contribution is 2.29. The molecule has 1 atom stereocenters. The van der Waals surface area contributed by atoms with Crippen molar-refractivity contribution in [2.45, 2.75) is 19.1 Å². The SMILES string of the molecule is CC(N)/C(N)=C/C=C(\N)Nc1ccc(C(F)(F)F)cc1. The maximum absolute atomic E-state index is 12.4. The first-order valence-corrected chi connectivity index (χ1v) is 5.83. The third-order valence-corrected chi connectivity index (χ3v) is 2.48. The van der Waals surface area contributed by atoms with Crippen molar-refractivity contribution in [2.24, 2.45) is 17.2 Å². The van der Waals surface area contributed by atoms with Gasteiger partial charge in [0.15, 0.2) is 0 Å². The molecular formula is C13H17F3N4. The number of anilines is 1. The zero-order valence-corrected chi connectivity index (χ0v) is 10.9. The zero-order chi connectivity index (χ0) is 15.3. The molecule has 0 saturated carbocycles. The lowest BCUT2D eigenvalue weighted by molar-refractivity contribution is -0.137. The molecule has 1 aromatic rings. The fraction of sp³-hybridized carbons (Fsp3) is 0.231. The molecule has 0 aliphatic rings.